The fourth-order valence-electron chi connectivity index (χ4n) is 7.44. The molecule has 0 saturated heterocycles. The summed E-state index contributed by atoms with van der Waals surface area (Å²) in [5, 5.41) is 11.4. The molecule has 0 aliphatic heterocycles. The average molecular weight is 766 g/mol. The van der Waals surface area contributed by atoms with Gasteiger partial charge in [-0.2, -0.15) is 0 Å². The molecule has 0 aliphatic rings. The van der Waals surface area contributed by atoms with Gasteiger partial charge in [-0.05, 0) is 80.0 Å². The van der Waals surface area contributed by atoms with Crippen molar-refractivity contribution < 1.29 is 43.2 Å². The van der Waals surface area contributed by atoms with Crippen LogP contribution in [-0.4, -0.2) is 58.2 Å². The first-order chi connectivity index (χ1) is 26.8. The van der Waals surface area contributed by atoms with Crippen molar-refractivity contribution in [3.05, 3.63) is 139 Å². The number of carbonyl (C=O) groups is 4. The molecular weight excluding hydrogens is 714 g/mol. The Morgan fingerprint density at radius 1 is 0.589 bits per heavy atom. The van der Waals surface area contributed by atoms with Crippen molar-refractivity contribution in [3.8, 4) is 0 Å². The van der Waals surface area contributed by atoms with Gasteiger partial charge in [0, 0.05) is 41.2 Å². The minimum atomic E-state index is -0.842. The Hall–Kier alpha value is -5.88. The number of H-pyrrole nitrogens is 3. The zero-order valence-electron chi connectivity index (χ0n) is 33.3. The zero-order chi connectivity index (χ0) is 40.7. The molecule has 3 atom stereocenters. The lowest BCUT2D eigenvalue weighted by molar-refractivity contribution is -0.142. The number of hydrogen-bond acceptors (Lipinski definition) is 9. The van der Waals surface area contributed by atoms with Crippen LogP contribution in [0.4, 0.5) is 0 Å². The first kappa shape index (κ1) is 41.3. The molecule has 12 nitrogen and oxygen atoms in total. The second-order valence-electron chi connectivity index (χ2n) is 14.0. The van der Waals surface area contributed by atoms with E-state index in [0.29, 0.717) is 51.3 Å². The number of methoxy groups -OCH3 is 2. The van der Waals surface area contributed by atoms with E-state index in [1.165, 1.54) is 14.2 Å². The molecule has 0 aliphatic carbocycles. The summed E-state index contributed by atoms with van der Waals surface area (Å²) in [4.78, 5) is 62.8. The third kappa shape index (κ3) is 8.81. The number of benzene rings is 2. The van der Waals surface area contributed by atoms with Crippen LogP contribution >= 0.6 is 0 Å². The molecule has 12 heteroatoms. The topological polar surface area (TPSA) is 173 Å². The Morgan fingerprint density at radius 2 is 0.982 bits per heavy atom. The van der Waals surface area contributed by atoms with Gasteiger partial charge in [-0.15, -0.1) is 0 Å². The number of aromatic nitrogens is 3. The SMILES string of the molecule is CCC(O)c1c(Cc2[nH]c(C(=O)OCc3ccccc3)c(C)c2C(C)C(=O)OC)[nH]c(Cc2[nH]c(C(=O)OCc3ccccc3)c(C)c2C(C)C(=O)OC)c1C. The molecule has 0 amide bonds. The van der Waals surface area contributed by atoms with Gasteiger partial charge in [0.25, 0.3) is 0 Å². The quantitative estimate of drug-likeness (QED) is 0.0587. The van der Waals surface area contributed by atoms with Crippen LogP contribution in [0.5, 0.6) is 0 Å². The maximum atomic E-state index is 13.5. The molecular formula is C44H51N3O9. The van der Waals surface area contributed by atoms with E-state index in [1.807, 2.05) is 74.5 Å². The lowest BCUT2D eigenvalue weighted by Crippen LogP contribution is -2.14. The zero-order valence-corrected chi connectivity index (χ0v) is 33.3. The predicted molar refractivity (Wildman–Crippen MR) is 209 cm³/mol. The maximum Gasteiger partial charge on any atom is 0.355 e. The summed E-state index contributed by atoms with van der Waals surface area (Å²) in [5.74, 6) is -3.49. The van der Waals surface area contributed by atoms with Crippen LogP contribution in [0.2, 0.25) is 0 Å². The van der Waals surface area contributed by atoms with Crippen LogP contribution in [0.15, 0.2) is 60.7 Å². The molecule has 4 N–H and O–H groups in total. The summed E-state index contributed by atoms with van der Waals surface area (Å²) in [5.41, 5.74) is 8.54. The van der Waals surface area contributed by atoms with Crippen molar-refractivity contribution in [2.75, 3.05) is 14.2 Å². The number of aromatic amines is 3. The first-order valence-electron chi connectivity index (χ1n) is 18.7. The maximum absolute atomic E-state index is 13.5. The van der Waals surface area contributed by atoms with Crippen LogP contribution in [-0.2, 0) is 54.6 Å². The molecule has 2 aromatic carbocycles. The third-order valence-electron chi connectivity index (χ3n) is 10.5. The first-order valence-corrected chi connectivity index (χ1v) is 18.7. The molecule has 5 rings (SSSR count). The highest BCUT2D eigenvalue weighted by atomic mass is 16.5. The summed E-state index contributed by atoms with van der Waals surface area (Å²) in [6.07, 6.45) is 0.0137. The summed E-state index contributed by atoms with van der Waals surface area (Å²) >= 11 is 0. The number of carbonyl (C=O) groups excluding carboxylic acids is 4. The second kappa shape index (κ2) is 18.2. The van der Waals surface area contributed by atoms with E-state index in [9.17, 15) is 24.3 Å². The summed E-state index contributed by atoms with van der Waals surface area (Å²) in [6, 6.07) is 18.7. The Balaban J connectivity index is 1.54. The highest BCUT2D eigenvalue weighted by Gasteiger charge is 2.32. The van der Waals surface area contributed by atoms with Gasteiger partial charge < -0.3 is 39.0 Å². The summed E-state index contributed by atoms with van der Waals surface area (Å²) in [7, 11) is 2.64. The van der Waals surface area contributed by atoms with Crippen molar-refractivity contribution in [2.24, 2.45) is 0 Å². The monoisotopic (exact) mass is 765 g/mol. The Kier molecular flexibility index (Phi) is 13.4. The molecule has 3 unspecified atom stereocenters. The van der Waals surface area contributed by atoms with Crippen molar-refractivity contribution >= 4 is 23.9 Å². The van der Waals surface area contributed by atoms with Crippen molar-refractivity contribution in [1.82, 2.24) is 15.0 Å². The number of rotatable bonds is 16. The Bertz CT molecular complexity index is 2180. The molecule has 0 saturated carbocycles. The number of nitrogens with one attached hydrogen (secondary N) is 3. The van der Waals surface area contributed by atoms with Crippen LogP contribution in [0.3, 0.4) is 0 Å². The molecule has 3 aromatic heterocycles. The van der Waals surface area contributed by atoms with E-state index in [0.717, 1.165) is 22.4 Å². The van der Waals surface area contributed by atoms with E-state index in [1.54, 1.807) is 27.7 Å². The van der Waals surface area contributed by atoms with Gasteiger partial charge in [-0.25, -0.2) is 9.59 Å². The van der Waals surface area contributed by atoms with Gasteiger partial charge in [-0.1, -0.05) is 67.6 Å². The van der Waals surface area contributed by atoms with E-state index < -0.39 is 41.8 Å². The van der Waals surface area contributed by atoms with Gasteiger partial charge in [0.15, 0.2) is 0 Å². The van der Waals surface area contributed by atoms with E-state index in [2.05, 4.69) is 15.0 Å². The fraction of sp³-hybridized carbons (Fsp3) is 0.364. The number of aliphatic hydroxyl groups excluding tert-OH is 1. The molecule has 0 fully saturated rings. The molecule has 3 heterocycles. The summed E-state index contributed by atoms with van der Waals surface area (Å²) < 4.78 is 21.5. The third-order valence-corrected chi connectivity index (χ3v) is 10.5. The molecule has 5 aromatic rings. The average Bonchev–Trinajstić information content (AvgIpc) is 3.83. The molecule has 0 bridgehead atoms. The highest BCUT2D eigenvalue weighted by molar-refractivity contribution is 5.92. The minimum absolute atomic E-state index is 0.0721. The summed E-state index contributed by atoms with van der Waals surface area (Å²) in [6.45, 7) is 10.9. The number of esters is 4. The van der Waals surface area contributed by atoms with Gasteiger partial charge in [-0.3, -0.25) is 9.59 Å². The standard InChI is InChI=1S/C44H51N3O9/c1-9-35(48)38-24(2)31(20-32-36(27(5)41(49)53-7)25(3)39(46-32)43(51)55-22-29-16-12-10-13-17-29)45-34(38)21-33-37(28(6)42(50)54-8)26(4)40(47-33)44(52)56-23-30-18-14-11-15-19-30/h10-19,27-28,35,45-48H,9,20-23H2,1-8H3. The van der Waals surface area contributed by atoms with E-state index >= 15 is 0 Å². The second-order valence-corrected chi connectivity index (χ2v) is 14.0. The lowest BCUT2D eigenvalue weighted by atomic mass is 9.92. The van der Waals surface area contributed by atoms with Gasteiger partial charge in [0.2, 0.25) is 0 Å². The van der Waals surface area contributed by atoms with Crippen molar-refractivity contribution in [3.63, 3.8) is 0 Å². The van der Waals surface area contributed by atoms with Crippen LogP contribution in [0.25, 0.3) is 0 Å². The van der Waals surface area contributed by atoms with E-state index in [-0.39, 0.29) is 37.4 Å². The minimum Gasteiger partial charge on any atom is -0.469 e. The molecule has 56 heavy (non-hydrogen) atoms. The number of aliphatic hydroxyl groups is 1. The van der Waals surface area contributed by atoms with Crippen LogP contribution < -0.4 is 0 Å². The number of ether oxygens (including phenoxy) is 4. The molecule has 0 radical (unpaired) electrons. The molecule has 0 spiro atoms. The number of hydrogen-bond donors (Lipinski definition) is 4. The fourth-order valence-corrected chi connectivity index (χ4v) is 7.44. The molecule has 296 valence electrons. The van der Waals surface area contributed by atoms with E-state index in [4.69, 9.17) is 18.9 Å². The van der Waals surface area contributed by atoms with Crippen molar-refractivity contribution in [1.29, 1.82) is 0 Å². The van der Waals surface area contributed by atoms with Gasteiger partial charge in [0.05, 0.1) is 32.2 Å². The largest absolute Gasteiger partial charge is 0.469 e. The lowest BCUT2D eigenvalue weighted by Gasteiger charge is -2.14. The smallest absolute Gasteiger partial charge is 0.355 e. The predicted octanol–water partition coefficient (Wildman–Crippen LogP) is 7.49. The van der Waals surface area contributed by atoms with Gasteiger partial charge >= 0.3 is 23.9 Å². The normalized spacial score (nSPS) is 12.8. The van der Waals surface area contributed by atoms with Gasteiger partial charge in [0.1, 0.15) is 24.6 Å². The highest BCUT2D eigenvalue weighted by Crippen LogP contribution is 2.36. The van der Waals surface area contributed by atoms with Crippen LogP contribution in [0.1, 0.15) is 133 Å². The van der Waals surface area contributed by atoms with Crippen molar-refractivity contribution in [2.45, 2.75) is 92.0 Å². The Labute approximate surface area is 326 Å². The Morgan fingerprint density at radius 3 is 1.38 bits per heavy atom. The van der Waals surface area contributed by atoms with Crippen LogP contribution in [0, 0.1) is 20.8 Å².